The molecule has 1 N–H and O–H groups in total. The van der Waals surface area contributed by atoms with Gasteiger partial charge in [0.1, 0.15) is 0 Å². The lowest BCUT2D eigenvalue weighted by Gasteiger charge is -2.27. The van der Waals surface area contributed by atoms with E-state index in [1.54, 1.807) is 0 Å². The van der Waals surface area contributed by atoms with E-state index < -0.39 is 0 Å². The van der Waals surface area contributed by atoms with E-state index >= 15 is 0 Å². The molecule has 0 spiro atoms. The number of rotatable bonds is 4. The summed E-state index contributed by atoms with van der Waals surface area (Å²) in [6, 6.07) is 7.04. The van der Waals surface area contributed by atoms with Gasteiger partial charge in [-0.2, -0.15) is 0 Å². The molecule has 104 valence electrons. The van der Waals surface area contributed by atoms with Crippen molar-refractivity contribution in [1.29, 1.82) is 0 Å². The maximum absolute atomic E-state index is 5.96. The topological polar surface area (TPSA) is 30.5 Å². The van der Waals surface area contributed by atoms with E-state index in [-0.39, 0.29) is 0 Å². The Kier molecular flexibility index (Phi) is 3.87. The molecular formula is C16H23NO2. The van der Waals surface area contributed by atoms with Crippen molar-refractivity contribution in [1.82, 2.24) is 5.32 Å². The lowest BCUT2D eigenvalue weighted by atomic mass is 9.91. The highest BCUT2D eigenvalue weighted by Crippen LogP contribution is 2.33. The standard InChI is InChI=1S/C16H23NO2/c1-3-17-15(16-11(2)6-7-19-16)12-4-5-13-9-18-10-14(13)8-12/h4-5,8,11,15-17H,3,6-7,9-10H2,1-2H3. The summed E-state index contributed by atoms with van der Waals surface area (Å²) in [5.41, 5.74) is 4.01. The van der Waals surface area contributed by atoms with Crippen molar-refractivity contribution >= 4 is 0 Å². The zero-order chi connectivity index (χ0) is 13.2. The van der Waals surface area contributed by atoms with Gasteiger partial charge in [0.2, 0.25) is 0 Å². The molecule has 2 aliphatic heterocycles. The summed E-state index contributed by atoms with van der Waals surface area (Å²) in [6.45, 7) is 7.81. The predicted molar refractivity (Wildman–Crippen MR) is 74.9 cm³/mol. The highest BCUT2D eigenvalue weighted by atomic mass is 16.5. The summed E-state index contributed by atoms with van der Waals surface area (Å²) in [4.78, 5) is 0. The second kappa shape index (κ2) is 5.61. The van der Waals surface area contributed by atoms with E-state index in [0.29, 0.717) is 18.1 Å². The first kappa shape index (κ1) is 13.1. The van der Waals surface area contributed by atoms with Crippen LogP contribution in [0.1, 0.15) is 43.0 Å². The molecule has 0 saturated carbocycles. The molecule has 0 bridgehead atoms. The van der Waals surface area contributed by atoms with Gasteiger partial charge < -0.3 is 14.8 Å². The van der Waals surface area contributed by atoms with Gasteiger partial charge in [0.05, 0.1) is 25.4 Å². The first-order valence-corrected chi connectivity index (χ1v) is 7.34. The van der Waals surface area contributed by atoms with Crippen molar-refractivity contribution < 1.29 is 9.47 Å². The molecule has 0 aromatic heterocycles. The Balaban J connectivity index is 1.87. The van der Waals surface area contributed by atoms with E-state index in [9.17, 15) is 0 Å². The van der Waals surface area contributed by atoms with Crippen molar-refractivity contribution in [2.24, 2.45) is 5.92 Å². The monoisotopic (exact) mass is 261 g/mol. The lowest BCUT2D eigenvalue weighted by molar-refractivity contribution is 0.0612. The van der Waals surface area contributed by atoms with Crippen molar-refractivity contribution in [3.8, 4) is 0 Å². The van der Waals surface area contributed by atoms with Gasteiger partial charge in [-0.25, -0.2) is 0 Å². The molecule has 3 rings (SSSR count). The fourth-order valence-corrected chi connectivity index (χ4v) is 3.17. The summed E-state index contributed by atoms with van der Waals surface area (Å²) >= 11 is 0. The molecular weight excluding hydrogens is 238 g/mol. The molecule has 2 heterocycles. The van der Waals surface area contributed by atoms with Crippen LogP contribution in [0.25, 0.3) is 0 Å². The van der Waals surface area contributed by atoms with Gasteiger partial charge in [0.15, 0.2) is 0 Å². The van der Waals surface area contributed by atoms with E-state index in [1.807, 2.05) is 0 Å². The van der Waals surface area contributed by atoms with Gasteiger partial charge in [-0.15, -0.1) is 0 Å². The molecule has 1 aromatic rings. The Morgan fingerprint density at radius 3 is 2.89 bits per heavy atom. The Hall–Kier alpha value is -0.900. The van der Waals surface area contributed by atoms with Crippen LogP contribution in [-0.4, -0.2) is 19.3 Å². The van der Waals surface area contributed by atoms with Crippen LogP contribution in [0.3, 0.4) is 0 Å². The molecule has 1 saturated heterocycles. The molecule has 0 radical (unpaired) electrons. The van der Waals surface area contributed by atoms with Crippen LogP contribution in [0.4, 0.5) is 0 Å². The summed E-state index contributed by atoms with van der Waals surface area (Å²) in [6.07, 6.45) is 1.46. The van der Waals surface area contributed by atoms with E-state index in [2.05, 4.69) is 37.4 Å². The molecule has 3 unspecified atom stereocenters. The first-order valence-electron chi connectivity index (χ1n) is 7.34. The predicted octanol–water partition coefficient (Wildman–Crippen LogP) is 2.79. The number of benzene rings is 1. The summed E-state index contributed by atoms with van der Waals surface area (Å²) in [5.74, 6) is 0.619. The number of likely N-dealkylation sites (N-methyl/N-ethyl adjacent to an activating group) is 1. The minimum atomic E-state index is 0.292. The Bertz CT molecular complexity index is 446. The number of nitrogens with one attached hydrogen (secondary N) is 1. The Morgan fingerprint density at radius 2 is 2.16 bits per heavy atom. The number of ether oxygens (including phenoxy) is 2. The third-order valence-corrected chi connectivity index (χ3v) is 4.30. The quantitative estimate of drug-likeness (QED) is 0.904. The van der Waals surface area contributed by atoms with E-state index in [0.717, 1.165) is 26.4 Å². The van der Waals surface area contributed by atoms with Crippen molar-refractivity contribution in [2.75, 3.05) is 13.2 Å². The number of hydrogen-bond donors (Lipinski definition) is 1. The van der Waals surface area contributed by atoms with Crippen molar-refractivity contribution in [2.45, 2.75) is 45.6 Å². The molecule has 0 aliphatic carbocycles. The van der Waals surface area contributed by atoms with Crippen LogP contribution in [0.15, 0.2) is 18.2 Å². The number of fused-ring (bicyclic) bond motifs is 1. The zero-order valence-corrected chi connectivity index (χ0v) is 11.8. The molecule has 0 amide bonds. The van der Waals surface area contributed by atoms with Gasteiger partial charge >= 0.3 is 0 Å². The maximum atomic E-state index is 5.96. The van der Waals surface area contributed by atoms with Crippen LogP contribution in [0, 0.1) is 5.92 Å². The summed E-state index contributed by atoms with van der Waals surface area (Å²) in [7, 11) is 0. The second-order valence-corrected chi connectivity index (χ2v) is 5.66. The third-order valence-electron chi connectivity index (χ3n) is 4.30. The Morgan fingerprint density at radius 1 is 1.32 bits per heavy atom. The first-order chi connectivity index (χ1) is 9.29. The van der Waals surface area contributed by atoms with E-state index in [1.165, 1.54) is 23.1 Å². The summed E-state index contributed by atoms with van der Waals surface area (Å²) in [5, 5.41) is 3.60. The normalized spacial score (nSPS) is 27.5. The molecule has 1 fully saturated rings. The van der Waals surface area contributed by atoms with Crippen LogP contribution in [-0.2, 0) is 22.7 Å². The van der Waals surface area contributed by atoms with Gasteiger partial charge in [-0.05, 0) is 35.6 Å². The highest BCUT2D eigenvalue weighted by molar-refractivity contribution is 5.35. The largest absolute Gasteiger partial charge is 0.376 e. The van der Waals surface area contributed by atoms with Gasteiger partial charge in [0, 0.05) is 6.61 Å². The van der Waals surface area contributed by atoms with Gasteiger partial charge in [0.25, 0.3) is 0 Å². The minimum absolute atomic E-state index is 0.292. The zero-order valence-electron chi connectivity index (χ0n) is 11.8. The fourth-order valence-electron chi connectivity index (χ4n) is 3.17. The maximum Gasteiger partial charge on any atom is 0.0795 e. The molecule has 3 heteroatoms. The fraction of sp³-hybridized carbons (Fsp3) is 0.625. The van der Waals surface area contributed by atoms with Crippen LogP contribution in [0.2, 0.25) is 0 Å². The van der Waals surface area contributed by atoms with Crippen LogP contribution >= 0.6 is 0 Å². The molecule has 3 nitrogen and oxygen atoms in total. The molecule has 19 heavy (non-hydrogen) atoms. The summed E-state index contributed by atoms with van der Waals surface area (Å²) < 4.78 is 11.5. The van der Waals surface area contributed by atoms with Gasteiger partial charge in [-0.1, -0.05) is 32.0 Å². The third kappa shape index (κ3) is 2.55. The lowest BCUT2D eigenvalue weighted by Crippen LogP contribution is -2.34. The average molecular weight is 261 g/mol. The van der Waals surface area contributed by atoms with Crippen molar-refractivity contribution in [3.63, 3.8) is 0 Å². The molecule has 1 aromatic carbocycles. The van der Waals surface area contributed by atoms with Crippen LogP contribution in [0.5, 0.6) is 0 Å². The highest BCUT2D eigenvalue weighted by Gasteiger charge is 2.33. The van der Waals surface area contributed by atoms with Crippen LogP contribution < -0.4 is 5.32 Å². The molecule has 2 aliphatic rings. The minimum Gasteiger partial charge on any atom is -0.376 e. The average Bonchev–Trinajstić information content (AvgIpc) is 3.03. The smallest absolute Gasteiger partial charge is 0.0795 e. The Labute approximate surface area is 115 Å². The van der Waals surface area contributed by atoms with Gasteiger partial charge in [-0.3, -0.25) is 0 Å². The molecule has 3 atom stereocenters. The number of hydrogen-bond acceptors (Lipinski definition) is 3. The second-order valence-electron chi connectivity index (χ2n) is 5.66. The van der Waals surface area contributed by atoms with E-state index in [4.69, 9.17) is 9.47 Å². The van der Waals surface area contributed by atoms with Crippen molar-refractivity contribution in [3.05, 3.63) is 34.9 Å². The SMILES string of the molecule is CCNC(c1ccc2c(c1)COC2)C1OCCC1C.